The third kappa shape index (κ3) is 4.55. The van der Waals surface area contributed by atoms with Crippen molar-refractivity contribution in [1.82, 2.24) is 15.5 Å². The van der Waals surface area contributed by atoms with Crippen molar-refractivity contribution in [3.05, 3.63) is 60.0 Å². The molecule has 4 rings (SSSR count). The molecule has 1 fully saturated rings. The Morgan fingerprint density at radius 1 is 1.17 bits per heavy atom. The van der Waals surface area contributed by atoms with E-state index in [1.165, 1.54) is 0 Å². The number of aromatic nitrogens is 2. The van der Waals surface area contributed by atoms with E-state index in [-0.39, 0.29) is 5.89 Å². The number of benzene rings is 2. The SMILES string of the molecule is COc1cccc(CNC(=O)c2nc(-c3ccc(N4CCOCC4)cc3)no2)c1. The van der Waals surface area contributed by atoms with E-state index in [9.17, 15) is 4.79 Å². The maximum atomic E-state index is 12.3. The minimum atomic E-state index is -0.420. The fraction of sp³-hybridized carbons (Fsp3) is 0.286. The Kier molecular flexibility index (Phi) is 5.71. The van der Waals surface area contributed by atoms with Gasteiger partial charge in [-0.2, -0.15) is 4.98 Å². The summed E-state index contributed by atoms with van der Waals surface area (Å²) in [4.78, 5) is 18.8. The van der Waals surface area contributed by atoms with Crippen molar-refractivity contribution in [1.29, 1.82) is 0 Å². The number of anilines is 1. The first-order valence-corrected chi connectivity index (χ1v) is 9.41. The first-order chi connectivity index (χ1) is 14.2. The third-order valence-corrected chi connectivity index (χ3v) is 4.71. The van der Waals surface area contributed by atoms with E-state index in [0.717, 1.165) is 48.9 Å². The van der Waals surface area contributed by atoms with Gasteiger partial charge in [-0.3, -0.25) is 4.79 Å². The van der Waals surface area contributed by atoms with Crippen LogP contribution in [0.5, 0.6) is 5.75 Å². The molecular weight excluding hydrogens is 372 g/mol. The number of carbonyl (C=O) groups is 1. The molecule has 0 unspecified atom stereocenters. The Hall–Kier alpha value is -3.39. The molecule has 0 aliphatic carbocycles. The van der Waals surface area contributed by atoms with Crippen LogP contribution in [-0.4, -0.2) is 49.5 Å². The summed E-state index contributed by atoms with van der Waals surface area (Å²) in [6.07, 6.45) is 0. The number of hydrogen-bond acceptors (Lipinski definition) is 7. The normalized spacial score (nSPS) is 13.9. The summed E-state index contributed by atoms with van der Waals surface area (Å²) >= 11 is 0. The molecule has 1 aliphatic rings. The molecule has 29 heavy (non-hydrogen) atoms. The largest absolute Gasteiger partial charge is 0.497 e. The van der Waals surface area contributed by atoms with Crippen LogP contribution in [0.3, 0.4) is 0 Å². The number of nitrogens with zero attached hydrogens (tertiary/aromatic N) is 3. The van der Waals surface area contributed by atoms with Crippen molar-refractivity contribution >= 4 is 11.6 Å². The summed E-state index contributed by atoms with van der Waals surface area (Å²) in [5.41, 5.74) is 2.82. The summed E-state index contributed by atoms with van der Waals surface area (Å²) in [7, 11) is 1.60. The molecule has 1 amide bonds. The average Bonchev–Trinajstić information content (AvgIpc) is 3.29. The molecule has 1 N–H and O–H groups in total. The van der Waals surface area contributed by atoms with Crippen LogP contribution in [0, 0.1) is 0 Å². The Morgan fingerprint density at radius 2 is 1.97 bits per heavy atom. The standard InChI is InChI=1S/C21H22N4O4/c1-27-18-4-2-3-15(13-18)14-22-20(26)21-23-19(24-29-21)16-5-7-17(8-6-16)25-9-11-28-12-10-25/h2-8,13H,9-12,14H2,1H3,(H,22,26). The molecule has 0 atom stereocenters. The second-order valence-electron chi connectivity index (χ2n) is 6.60. The topological polar surface area (TPSA) is 89.7 Å². The van der Waals surface area contributed by atoms with Crippen LogP contribution in [0.1, 0.15) is 16.2 Å². The Balaban J connectivity index is 1.38. The van der Waals surface area contributed by atoms with Crippen molar-refractivity contribution < 1.29 is 18.8 Å². The second-order valence-corrected chi connectivity index (χ2v) is 6.60. The minimum absolute atomic E-state index is 0.0693. The highest BCUT2D eigenvalue weighted by molar-refractivity contribution is 5.89. The third-order valence-electron chi connectivity index (χ3n) is 4.71. The van der Waals surface area contributed by atoms with Crippen molar-refractivity contribution in [3.63, 3.8) is 0 Å². The van der Waals surface area contributed by atoms with E-state index in [0.29, 0.717) is 12.4 Å². The molecule has 150 valence electrons. The molecule has 0 radical (unpaired) electrons. The predicted molar refractivity (Wildman–Crippen MR) is 107 cm³/mol. The van der Waals surface area contributed by atoms with Crippen LogP contribution < -0.4 is 15.0 Å². The zero-order valence-electron chi connectivity index (χ0n) is 16.1. The molecule has 1 aliphatic heterocycles. The van der Waals surface area contributed by atoms with Gasteiger partial charge in [0.25, 0.3) is 0 Å². The summed E-state index contributed by atoms with van der Waals surface area (Å²) in [5.74, 6) is 0.624. The van der Waals surface area contributed by atoms with Crippen LogP contribution >= 0.6 is 0 Å². The molecule has 1 aromatic heterocycles. The molecule has 0 spiro atoms. The summed E-state index contributed by atoms with van der Waals surface area (Å²) in [5, 5.41) is 6.71. The van der Waals surface area contributed by atoms with Crippen molar-refractivity contribution in [2.75, 3.05) is 38.3 Å². The summed E-state index contributed by atoms with van der Waals surface area (Å²) < 4.78 is 15.7. The van der Waals surface area contributed by atoms with Gasteiger partial charge >= 0.3 is 11.8 Å². The fourth-order valence-electron chi connectivity index (χ4n) is 3.12. The molecular formula is C21H22N4O4. The van der Waals surface area contributed by atoms with Gasteiger partial charge in [0.15, 0.2) is 0 Å². The second kappa shape index (κ2) is 8.74. The minimum Gasteiger partial charge on any atom is -0.497 e. The first kappa shape index (κ1) is 18.9. The van der Waals surface area contributed by atoms with E-state index in [1.807, 2.05) is 48.5 Å². The number of hydrogen-bond donors (Lipinski definition) is 1. The Morgan fingerprint density at radius 3 is 2.72 bits per heavy atom. The van der Waals surface area contributed by atoms with E-state index in [4.69, 9.17) is 14.0 Å². The van der Waals surface area contributed by atoms with E-state index < -0.39 is 5.91 Å². The van der Waals surface area contributed by atoms with Gasteiger partial charge in [0.05, 0.1) is 20.3 Å². The van der Waals surface area contributed by atoms with Crippen molar-refractivity contribution in [2.24, 2.45) is 0 Å². The highest BCUT2D eigenvalue weighted by Gasteiger charge is 2.17. The Bertz CT molecular complexity index is 965. The average molecular weight is 394 g/mol. The molecule has 2 aromatic carbocycles. The quantitative estimate of drug-likeness (QED) is 0.687. The van der Waals surface area contributed by atoms with Gasteiger partial charge in [-0.05, 0) is 42.0 Å². The molecule has 8 heteroatoms. The number of rotatable bonds is 6. The van der Waals surface area contributed by atoms with Crippen LogP contribution in [0.15, 0.2) is 53.1 Å². The van der Waals surface area contributed by atoms with Gasteiger partial charge in [0.2, 0.25) is 5.82 Å². The van der Waals surface area contributed by atoms with Crippen LogP contribution in [0.2, 0.25) is 0 Å². The smallest absolute Gasteiger partial charge is 0.316 e. The summed E-state index contributed by atoms with van der Waals surface area (Å²) in [6, 6.07) is 15.3. The van der Waals surface area contributed by atoms with Crippen molar-refractivity contribution in [2.45, 2.75) is 6.54 Å². The Labute approximate surface area is 168 Å². The number of nitrogens with one attached hydrogen (secondary N) is 1. The predicted octanol–water partition coefficient (Wildman–Crippen LogP) is 2.51. The van der Waals surface area contributed by atoms with Gasteiger partial charge in [-0.25, -0.2) is 0 Å². The molecule has 0 bridgehead atoms. The summed E-state index contributed by atoms with van der Waals surface area (Å²) in [6.45, 7) is 3.56. The molecule has 1 saturated heterocycles. The number of ether oxygens (including phenoxy) is 2. The highest BCUT2D eigenvalue weighted by Crippen LogP contribution is 2.22. The number of morpholine rings is 1. The lowest BCUT2D eigenvalue weighted by molar-refractivity contribution is 0.0907. The van der Waals surface area contributed by atoms with Gasteiger partial charge in [-0.1, -0.05) is 17.3 Å². The zero-order chi connectivity index (χ0) is 20.1. The maximum Gasteiger partial charge on any atom is 0.316 e. The van der Waals surface area contributed by atoms with Crippen LogP contribution in [0.4, 0.5) is 5.69 Å². The van der Waals surface area contributed by atoms with Crippen LogP contribution in [0.25, 0.3) is 11.4 Å². The van der Waals surface area contributed by atoms with Gasteiger partial charge in [0.1, 0.15) is 5.75 Å². The number of carbonyl (C=O) groups excluding carboxylic acids is 1. The lowest BCUT2D eigenvalue weighted by Gasteiger charge is -2.28. The van der Waals surface area contributed by atoms with Gasteiger partial charge in [0, 0.05) is 30.9 Å². The molecule has 8 nitrogen and oxygen atoms in total. The van der Waals surface area contributed by atoms with Gasteiger partial charge < -0.3 is 24.2 Å². The molecule has 3 aromatic rings. The van der Waals surface area contributed by atoms with E-state index in [1.54, 1.807) is 7.11 Å². The van der Waals surface area contributed by atoms with Crippen molar-refractivity contribution in [3.8, 4) is 17.1 Å². The lowest BCUT2D eigenvalue weighted by atomic mass is 10.2. The molecule has 2 heterocycles. The fourth-order valence-corrected chi connectivity index (χ4v) is 3.12. The zero-order valence-corrected chi connectivity index (χ0v) is 16.1. The van der Waals surface area contributed by atoms with Gasteiger partial charge in [-0.15, -0.1) is 0 Å². The number of amides is 1. The lowest BCUT2D eigenvalue weighted by Crippen LogP contribution is -2.36. The van der Waals surface area contributed by atoms with E-state index >= 15 is 0 Å². The van der Waals surface area contributed by atoms with Crippen LogP contribution in [-0.2, 0) is 11.3 Å². The highest BCUT2D eigenvalue weighted by atomic mass is 16.5. The van der Waals surface area contributed by atoms with E-state index in [2.05, 4.69) is 20.4 Å². The maximum absolute atomic E-state index is 12.3. The number of methoxy groups -OCH3 is 1. The first-order valence-electron chi connectivity index (χ1n) is 9.41. The molecule has 0 saturated carbocycles. The monoisotopic (exact) mass is 394 g/mol.